The number of nitrogens with one attached hydrogen (secondary N) is 2. The molecule has 4 N–H and O–H groups in total. The fourth-order valence-corrected chi connectivity index (χ4v) is 4.12. The summed E-state index contributed by atoms with van der Waals surface area (Å²) < 4.78 is 25.2. The molecule has 0 amide bonds. The van der Waals surface area contributed by atoms with Crippen LogP contribution < -0.4 is 22.5 Å². The van der Waals surface area contributed by atoms with Gasteiger partial charge < -0.3 is 29.2 Å². The molecule has 2 aliphatic rings. The first-order valence-electron chi connectivity index (χ1n) is 11.1. The molecule has 0 bridgehead atoms. The lowest BCUT2D eigenvalue weighted by Gasteiger charge is -2.19. The summed E-state index contributed by atoms with van der Waals surface area (Å²) in [5.41, 5.74) is -1.56. The highest BCUT2D eigenvalue weighted by atomic mass is 16.7. The van der Waals surface area contributed by atoms with Gasteiger partial charge in [-0.2, -0.15) is 0 Å². The summed E-state index contributed by atoms with van der Waals surface area (Å²) in [4.78, 5) is 51.8. The maximum absolute atomic E-state index is 12.1. The van der Waals surface area contributed by atoms with E-state index < -0.39 is 59.6 Å². The first-order chi connectivity index (χ1) is 16.7. The highest BCUT2D eigenvalue weighted by molar-refractivity contribution is 5.03. The summed E-state index contributed by atoms with van der Waals surface area (Å²) in [6, 6.07) is 0. The van der Waals surface area contributed by atoms with Crippen LogP contribution in [0.3, 0.4) is 0 Å². The standard InChI is InChI=1S/C21H28N4O10/c1-10-7-24(20(30)22-17(10)28)15-5-12(27)19(35-15)33-4-3-32-13-6-16(34-14(13)9-26)25-8-11(2)18(29)23-21(25)31/h7-8,12-16,19,26-27H,3-6,9H2,1-2H3,(H,22,28,30)(H,23,29,31)/t12?,13?,14-,15?,16-,19?/m1/s1. The molecule has 4 heterocycles. The van der Waals surface area contributed by atoms with Crippen LogP contribution in [0.1, 0.15) is 36.4 Å². The van der Waals surface area contributed by atoms with Crippen LogP contribution in [0.4, 0.5) is 0 Å². The number of aliphatic hydroxyl groups excluding tert-OH is 2. The predicted octanol–water partition coefficient (Wildman–Crippen LogP) is -2.01. The summed E-state index contributed by atoms with van der Waals surface area (Å²) in [5, 5.41) is 19.9. The van der Waals surface area contributed by atoms with Crippen LogP contribution in [-0.4, -0.2) is 73.7 Å². The van der Waals surface area contributed by atoms with Crippen molar-refractivity contribution >= 4 is 0 Å². The second kappa shape index (κ2) is 10.4. The molecule has 6 atom stereocenters. The van der Waals surface area contributed by atoms with Gasteiger partial charge in [0.2, 0.25) is 0 Å². The van der Waals surface area contributed by atoms with Gasteiger partial charge in [0.25, 0.3) is 11.1 Å². The second-order valence-corrected chi connectivity index (χ2v) is 8.55. The van der Waals surface area contributed by atoms with Crippen molar-refractivity contribution in [1.82, 2.24) is 19.1 Å². The Morgan fingerprint density at radius 3 is 2.03 bits per heavy atom. The fourth-order valence-electron chi connectivity index (χ4n) is 4.12. The average Bonchev–Trinajstić information content (AvgIpc) is 3.39. The molecule has 0 aromatic carbocycles. The van der Waals surface area contributed by atoms with Crippen LogP contribution in [0.15, 0.2) is 31.6 Å². The molecule has 14 heteroatoms. The highest BCUT2D eigenvalue weighted by Gasteiger charge is 2.38. The molecule has 4 unspecified atom stereocenters. The summed E-state index contributed by atoms with van der Waals surface area (Å²) >= 11 is 0. The van der Waals surface area contributed by atoms with Gasteiger partial charge >= 0.3 is 11.4 Å². The number of aliphatic hydroxyl groups is 2. The number of hydrogen-bond donors (Lipinski definition) is 4. The van der Waals surface area contributed by atoms with Gasteiger partial charge in [-0.25, -0.2) is 9.59 Å². The molecule has 0 aliphatic carbocycles. The molecular formula is C21H28N4O10. The SMILES string of the molecule is Cc1cn(C2CC(O)C(OCCOC3C[C@H](n4cc(C)c(=O)[nH]c4=O)O[C@@H]3CO)O2)c(=O)[nH]c1=O. The third-order valence-corrected chi connectivity index (χ3v) is 6.02. The Hall–Kier alpha value is -2.88. The number of aromatic amines is 2. The maximum Gasteiger partial charge on any atom is 0.330 e. The van der Waals surface area contributed by atoms with Gasteiger partial charge in [0.1, 0.15) is 24.7 Å². The normalized spacial score (nSPS) is 28.6. The molecule has 0 spiro atoms. The number of hydrogen-bond acceptors (Lipinski definition) is 10. The minimum absolute atomic E-state index is 0.0328. The van der Waals surface area contributed by atoms with Gasteiger partial charge in [0.15, 0.2) is 6.29 Å². The smallest absolute Gasteiger partial charge is 0.330 e. The Kier molecular flexibility index (Phi) is 7.49. The van der Waals surface area contributed by atoms with E-state index in [9.17, 15) is 29.4 Å². The van der Waals surface area contributed by atoms with Gasteiger partial charge in [-0.05, 0) is 13.8 Å². The van der Waals surface area contributed by atoms with E-state index >= 15 is 0 Å². The number of H-pyrrole nitrogens is 2. The monoisotopic (exact) mass is 496 g/mol. The highest BCUT2D eigenvalue weighted by Crippen LogP contribution is 2.30. The number of ether oxygens (including phenoxy) is 4. The van der Waals surface area contributed by atoms with Crippen LogP contribution >= 0.6 is 0 Å². The van der Waals surface area contributed by atoms with Crippen molar-refractivity contribution in [3.63, 3.8) is 0 Å². The van der Waals surface area contributed by atoms with E-state index in [0.29, 0.717) is 11.1 Å². The van der Waals surface area contributed by atoms with Crippen LogP contribution in [0.5, 0.6) is 0 Å². The Balaban J connectivity index is 1.30. The molecule has 14 nitrogen and oxygen atoms in total. The van der Waals surface area contributed by atoms with E-state index in [1.54, 1.807) is 13.8 Å². The summed E-state index contributed by atoms with van der Waals surface area (Å²) in [6.07, 6.45) is -1.65. The third-order valence-electron chi connectivity index (χ3n) is 6.02. The lowest BCUT2D eigenvalue weighted by Crippen LogP contribution is -2.33. The molecule has 2 aromatic heterocycles. The Morgan fingerprint density at radius 1 is 0.914 bits per heavy atom. The number of aromatic nitrogens is 4. The molecule has 0 radical (unpaired) electrons. The van der Waals surface area contributed by atoms with Gasteiger partial charge in [0, 0.05) is 36.4 Å². The molecule has 2 aromatic rings. The first kappa shape index (κ1) is 25.2. The average molecular weight is 496 g/mol. The number of rotatable bonds is 8. The van der Waals surface area contributed by atoms with Crippen LogP contribution in [0, 0.1) is 13.8 Å². The predicted molar refractivity (Wildman–Crippen MR) is 118 cm³/mol. The molecular weight excluding hydrogens is 468 g/mol. The van der Waals surface area contributed by atoms with Crippen molar-refractivity contribution in [2.24, 2.45) is 0 Å². The number of aryl methyl sites for hydroxylation is 2. The second-order valence-electron chi connectivity index (χ2n) is 8.55. The minimum atomic E-state index is -1.01. The van der Waals surface area contributed by atoms with E-state index in [0.717, 1.165) is 0 Å². The maximum atomic E-state index is 12.1. The summed E-state index contributed by atoms with van der Waals surface area (Å²) in [6.45, 7) is 2.89. The quantitative estimate of drug-likeness (QED) is 0.297. The zero-order chi connectivity index (χ0) is 25.3. The fraction of sp³-hybridized carbons (Fsp3) is 0.619. The largest absolute Gasteiger partial charge is 0.394 e. The zero-order valence-corrected chi connectivity index (χ0v) is 19.2. The number of nitrogens with zero attached hydrogens (tertiary/aromatic N) is 2. The summed E-state index contributed by atoms with van der Waals surface area (Å²) in [5.74, 6) is 0. The van der Waals surface area contributed by atoms with E-state index in [1.165, 1.54) is 21.5 Å². The van der Waals surface area contributed by atoms with E-state index in [-0.39, 0.29) is 32.7 Å². The van der Waals surface area contributed by atoms with Gasteiger partial charge in [-0.1, -0.05) is 0 Å². The van der Waals surface area contributed by atoms with Crippen LogP contribution in [0.25, 0.3) is 0 Å². The summed E-state index contributed by atoms with van der Waals surface area (Å²) in [7, 11) is 0. The van der Waals surface area contributed by atoms with Crippen molar-refractivity contribution in [2.75, 3.05) is 19.8 Å². The van der Waals surface area contributed by atoms with Crippen molar-refractivity contribution < 1.29 is 29.2 Å². The Labute approximate surface area is 197 Å². The first-order valence-corrected chi connectivity index (χ1v) is 11.1. The van der Waals surface area contributed by atoms with Crippen LogP contribution in [-0.2, 0) is 18.9 Å². The molecule has 2 fully saturated rings. The van der Waals surface area contributed by atoms with Crippen molar-refractivity contribution in [2.45, 2.75) is 63.7 Å². The van der Waals surface area contributed by atoms with Gasteiger partial charge in [0.05, 0.1) is 25.9 Å². The lowest BCUT2D eigenvalue weighted by atomic mass is 10.2. The lowest BCUT2D eigenvalue weighted by molar-refractivity contribution is -0.186. The van der Waals surface area contributed by atoms with E-state index in [2.05, 4.69) is 9.97 Å². The third kappa shape index (κ3) is 5.37. The van der Waals surface area contributed by atoms with Crippen molar-refractivity contribution in [3.05, 3.63) is 65.2 Å². The molecule has 192 valence electrons. The molecule has 2 aliphatic heterocycles. The van der Waals surface area contributed by atoms with Crippen molar-refractivity contribution in [1.29, 1.82) is 0 Å². The van der Waals surface area contributed by atoms with Crippen molar-refractivity contribution in [3.8, 4) is 0 Å². The molecule has 35 heavy (non-hydrogen) atoms. The zero-order valence-electron chi connectivity index (χ0n) is 19.2. The Morgan fingerprint density at radius 2 is 1.46 bits per heavy atom. The van der Waals surface area contributed by atoms with E-state index in [4.69, 9.17) is 18.9 Å². The molecule has 4 rings (SSSR count). The van der Waals surface area contributed by atoms with E-state index in [1.807, 2.05) is 0 Å². The molecule has 2 saturated heterocycles. The van der Waals surface area contributed by atoms with Crippen LogP contribution in [0.2, 0.25) is 0 Å². The minimum Gasteiger partial charge on any atom is -0.394 e. The Bertz CT molecular complexity index is 1280. The molecule has 0 saturated carbocycles. The van der Waals surface area contributed by atoms with Gasteiger partial charge in [-0.3, -0.25) is 28.7 Å². The van der Waals surface area contributed by atoms with Gasteiger partial charge in [-0.15, -0.1) is 0 Å². The topological polar surface area (TPSA) is 187 Å².